The Morgan fingerprint density at radius 2 is 1.77 bits per heavy atom. The number of hydrogen-bond donors (Lipinski definition) is 1. The predicted octanol–water partition coefficient (Wildman–Crippen LogP) is 3.97. The Labute approximate surface area is 160 Å². The van der Waals surface area contributed by atoms with E-state index in [2.05, 4.69) is 41.1 Å². The average Bonchev–Trinajstić information content (AvgIpc) is 2.64. The summed E-state index contributed by atoms with van der Waals surface area (Å²) in [5, 5.41) is 3.67. The van der Waals surface area contributed by atoms with Crippen LogP contribution in [0.2, 0.25) is 5.02 Å². The Bertz CT molecular complexity index is 752. The van der Waals surface area contributed by atoms with Gasteiger partial charge in [0.05, 0.1) is 6.42 Å². The van der Waals surface area contributed by atoms with Crippen LogP contribution >= 0.6 is 11.6 Å². The number of nitrogens with zero attached hydrogens (tertiary/aromatic N) is 2. The second kappa shape index (κ2) is 8.56. The minimum atomic E-state index is -0.0176. The molecule has 1 heterocycles. The molecular weight excluding hydrogens is 346 g/mol. The van der Waals surface area contributed by atoms with Crippen LogP contribution in [0.5, 0.6) is 0 Å². The number of benzene rings is 2. The largest absolute Gasteiger partial charge is 0.369 e. The highest BCUT2D eigenvalue weighted by atomic mass is 35.5. The van der Waals surface area contributed by atoms with E-state index in [1.807, 2.05) is 18.2 Å². The first-order chi connectivity index (χ1) is 12.5. The van der Waals surface area contributed by atoms with Crippen molar-refractivity contribution in [2.24, 2.45) is 0 Å². The minimum absolute atomic E-state index is 0.0176. The van der Waals surface area contributed by atoms with E-state index >= 15 is 0 Å². The number of nitrogens with one attached hydrogen (secondary N) is 1. The summed E-state index contributed by atoms with van der Waals surface area (Å²) >= 11 is 5.88. The summed E-state index contributed by atoms with van der Waals surface area (Å²) in [6.45, 7) is 9.75. The molecule has 0 unspecified atom stereocenters. The molecule has 0 aromatic heterocycles. The number of likely N-dealkylation sites (N-methyl/N-ethyl adjacent to an activating group) is 1. The van der Waals surface area contributed by atoms with Gasteiger partial charge in [-0.1, -0.05) is 30.7 Å². The van der Waals surface area contributed by atoms with Gasteiger partial charge in [-0.25, -0.2) is 0 Å². The number of carbonyl (C=O) groups is 1. The molecule has 0 radical (unpaired) electrons. The van der Waals surface area contributed by atoms with Gasteiger partial charge in [0, 0.05) is 42.6 Å². The molecule has 5 heteroatoms. The Kier molecular flexibility index (Phi) is 6.17. The van der Waals surface area contributed by atoms with Gasteiger partial charge in [0.25, 0.3) is 0 Å². The molecule has 1 aliphatic rings. The summed E-state index contributed by atoms with van der Waals surface area (Å²) in [6.07, 6.45) is 0.344. The zero-order valence-corrected chi connectivity index (χ0v) is 16.2. The molecule has 2 aromatic rings. The van der Waals surface area contributed by atoms with Crippen LogP contribution in [0.15, 0.2) is 42.5 Å². The van der Waals surface area contributed by atoms with Crippen LogP contribution in [0, 0.1) is 6.92 Å². The van der Waals surface area contributed by atoms with Crippen molar-refractivity contribution in [1.82, 2.24) is 4.90 Å². The molecule has 26 heavy (non-hydrogen) atoms. The monoisotopic (exact) mass is 371 g/mol. The molecule has 1 aliphatic heterocycles. The molecule has 0 saturated carbocycles. The lowest BCUT2D eigenvalue weighted by molar-refractivity contribution is -0.115. The zero-order valence-electron chi connectivity index (χ0n) is 15.5. The summed E-state index contributed by atoms with van der Waals surface area (Å²) in [4.78, 5) is 17.2. The van der Waals surface area contributed by atoms with E-state index in [4.69, 9.17) is 11.6 Å². The Morgan fingerprint density at radius 3 is 2.38 bits per heavy atom. The van der Waals surface area contributed by atoms with E-state index in [1.54, 1.807) is 12.1 Å². The van der Waals surface area contributed by atoms with Crippen LogP contribution in [0.3, 0.4) is 0 Å². The standard InChI is InChI=1S/C21H26ClN3O/c1-3-24-10-12-25(13-11-24)20-9-8-19(14-16(20)2)23-21(26)15-17-4-6-18(22)7-5-17/h4-9,14H,3,10-13,15H2,1-2H3,(H,23,26). The van der Waals surface area contributed by atoms with Crippen molar-refractivity contribution in [2.75, 3.05) is 42.9 Å². The van der Waals surface area contributed by atoms with Crippen molar-refractivity contribution < 1.29 is 4.79 Å². The number of aryl methyl sites for hydroxylation is 1. The van der Waals surface area contributed by atoms with Gasteiger partial charge in [0.2, 0.25) is 5.91 Å². The van der Waals surface area contributed by atoms with Crippen LogP contribution in [0.1, 0.15) is 18.1 Å². The smallest absolute Gasteiger partial charge is 0.228 e. The molecule has 0 spiro atoms. The molecule has 1 amide bonds. The van der Waals surface area contributed by atoms with Crippen molar-refractivity contribution in [3.63, 3.8) is 0 Å². The fourth-order valence-electron chi connectivity index (χ4n) is 3.39. The van der Waals surface area contributed by atoms with E-state index in [1.165, 1.54) is 11.3 Å². The normalized spacial score (nSPS) is 15.1. The Hall–Kier alpha value is -2.04. The summed E-state index contributed by atoms with van der Waals surface area (Å²) in [5.74, 6) is -0.0176. The van der Waals surface area contributed by atoms with Crippen LogP contribution in [0.4, 0.5) is 11.4 Å². The number of anilines is 2. The maximum absolute atomic E-state index is 12.3. The van der Waals surface area contributed by atoms with Gasteiger partial charge in [0.15, 0.2) is 0 Å². The van der Waals surface area contributed by atoms with E-state index in [0.717, 1.165) is 44.0 Å². The fraction of sp³-hybridized carbons (Fsp3) is 0.381. The number of carbonyl (C=O) groups excluding carboxylic acids is 1. The van der Waals surface area contributed by atoms with Crippen molar-refractivity contribution in [2.45, 2.75) is 20.3 Å². The molecule has 1 N–H and O–H groups in total. The van der Waals surface area contributed by atoms with E-state index in [9.17, 15) is 4.79 Å². The summed E-state index contributed by atoms with van der Waals surface area (Å²) < 4.78 is 0. The van der Waals surface area contributed by atoms with E-state index < -0.39 is 0 Å². The first kappa shape index (κ1) is 18.7. The molecule has 1 saturated heterocycles. The first-order valence-corrected chi connectivity index (χ1v) is 9.55. The van der Waals surface area contributed by atoms with Gasteiger partial charge < -0.3 is 15.1 Å². The van der Waals surface area contributed by atoms with E-state index in [-0.39, 0.29) is 5.91 Å². The summed E-state index contributed by atoms with van der Waals surface area (Å²) in [5.41, 5.74) is 4.25. The van der Waals surface area contributed by atoms with Crippen molar-refractivity contribution in [3.8, 4) is 0 Å². The lowest BCUT2D eigenvalue weighted by Crippen LogP contribution is -2.46. The maximum Gasteiger partial charge on any atom is 0.228 e. The topological polar surface area (TPSA) is 35.6 Å². The third-order valence-corrected chi connectivity index (χ3v) is 5.17. The van der Waals surface area contributed by atoms with Gasteiger partial charge in [0.1, 0.15) is 0 Å². The second-order valence-corrected chi connectivity index (χ2v) is 7.21. The fourth-order valence-corrected chi connectivity index (χ4v) is 3.51. The van der Waals surface area contributed by atoms with Crippen molar-refractivity contribution in [1.29, 1.82) is 0 Å². The van der Waals surface area contributed by atoms with Crippen molar-refractivity contribution >= 4 is 28.9 Å². The van der Waals surface area contributed by atoms with E-state index in [0.29, 0.717) is 11.4 Å². The predicted molar refractivity (Wildman–Crippen MR) is 109 cm³/mol. The summed E-state index contributed by atoms with van der Waals surface area (Å²) in [7, 11) is 0. The Balaban J connectivity index is 1.60. The van der Waals surface area contributed by atoms with Gasteiger partial charge in [-0.3, -0.25) is 4.79 Å². The lowest BCUT2D eigenvalue weighted by Gasteiger charge is -2.36. The minimum Gasteiger partial charge on any atom is -0.369 e. The highest BCUT2D eigenvalue weighted by Gasteiger charge is 2.17. The molecule has 0 bridgehead atoms. The SMILES string of the molecule is CCN1CCN(c2ccc(NC(=O)Cc3ccc(Cl)cc3)cc2C)CC1. The molecule has 0 aliphatic carbocycles. The quantitative estimate of drug-likeness (QED) is 0.863. The van der Waals surface area contributed by atoms with Gasteiger partial charge in [-0.15, -0.1) is 0 Å². The highest BCUT2D eigenvalue weighted by molar-refractivity contribution is 6.30. The van der Waals surface area contributed by atoms with Crippen LogP contribution in [-0.2, 0) is 11.2 Å². The molecule has 2 aromatic carbocycles. The second-order valence-electron chi connectivity index (χ2n) is 6.77. The highest BCUT2D eigenvalue weighted by Crippen LogP contribution is 2.25. The van der Waals surface area contributed by atoms with Gasteiger partial charge >= 0.3 is 0 Å². The first-order valence-electron chi connectivity index (χ1n) is 9.17. The third kappa shape index (κ3) is 4.77. The zero-order chi connectivity index (χ0) is 18.5. The molecular formula is C21H26ClN3O. The lowest BCUT2D eigenvalue weighted by atomic mass is 10.1. The molecule has 138 valence electrons. The molecule has 3 rings (SSSR count). The molecule has 0 atom stereocenters. The number of hydrogen-bond acceptors (Lipinski definition) is 3. The third-order valence-electron chi connectivity index (χ3n) is 4.92. The van der Waals surface area contributed by atoms with Gasteiger partial charge in [-0.05, 0) is 54.9 Å². The number of amides is 1. The maximum atomic E-state index is 12.3. The number of halogens is 1. The van der Waals surface area contributed by atoms with Crippen LogP contribution in [0.25, 0.3) is 0 Å². The van der Waals surface area contributed by atoms with Crippen LogP contribution < -0.4 is 10.2 Å². The molecule has 4 nitrogen and oxygen atoms in total. The number of piperazine rings is 1. The average molecular weight is 372 g/mol. The molecule has 1 fully saturated rings. The van der Waals surface area contributed by atoms with Gasteiger partial charge in [-0.2, -0.15) is 0 Å². The van der Waals surface area contributed by atoms with Crippen molar-refractivity contribution in [3.05, 3.63) is 58.6 Å². The summed E-state index contributed by atoms with van der Waals surface area (Å²) in [6, 6.07) is 13.5. The van der Waals surface area contributed by atoms with Crippen LogP contribution in [-0.4, -0.2) is 43.5 Å². The Morgan fingerprint density at radius 1 is 1.08 bits per heavy atom. The number of rotatable bonds is 5.